The van der Waals surface area contributed by atoms with E-state index in [4.69, 9.17) is 6.42 Å². The number of nitrogens with zero attached hydrogens (tertiary/aromatic N) is 1. The van der Waals surface area contributed by atoms with E-state index >= 15 is 0 Å². The second kappa shape index (κ2) is 4.38. The number of nitrogens with one attached hydrogen (secondary N) is 1. The first-order valence-electron chi connectivity index (χ1n) is 4.06. The molecule has 1 heterocycles. The molecule has 0 amide bonds. The fraction of sp³-hybridized carbons (Fsp3) is 0.222. The first kappa shape index (κ1) is 11.6. The van der Waals surface area contributed by atoms with Crippen LogP contribution in [0.1, 0.15) is 6.92 Å². The maximum atomic E-state index is 13.1. The van der Waals surface area contributed by atoms with Crippen molar-refractivity contribution >= 4 is 10.0 Å². The fourth-order valence-corrected chi connectivity index (χ4v) is 2.06. The molecular weight excluding hydrogens is 219 g/mol. The van der Waals surface area contributed by atoms with Gasteiger partial charge in [-0.3, -0.25) is 0 Å². The zero-order valence-corrected chi connectivity index (χ0v) is 8.75. The first-order valence-corrected chi connectivity index (χ1v) is 5.54. The third-order valence-electron chi connectivity index (χ3n) is 1.56. The quantitative estimate of drug-likeness (QED) is 0.767. The smallest absolute Gasteiger partial charge is 0.241 e. The van der Waals surface area contributed by atoms with Gasteiger partial charge < -0.3 is 0 Å². The molecule has 0 fully saturated rings. The molecule has 0 spiro atoms. The van der Waals surface area contributed by atoms with E-state index in [0.29, 0.717) is 0 Å². The minimum atomic E-state index is -3.98. The van der Waals surface area contributed by atoms with Crippen molar-refractivity contribution in [2.45, 2.75) is 18.0 Å². The third-order valence-corrected chi connectivity index (χ3v) is 3.03. The van der Waals surface area contributed by atoms with Crippen molar-refractivity contribution < 1.29 is 12.8 Å². The van der Waals surface area contributed by atoms with Gasteiger partial charge in [-0.15, -0.1) is 6.42 Å². The summed E-state index contributed by atoms with van der Waals surface area (Å²) in [4.78, 5) is 3.44. The Balaban J connectivity index is 3.09. The molecule has 0 aliphatic heterocycles. The Labute approximate surface area is 87.6 Å². The van der Waals surface area contributed by atoms with Crippen LogP contribution in [0.3, 0.4) is 0 Å². The van der Waals surface area contributed by atoms with Crippen LogP contribution >= 0.6 is 0 Å². The monoisotopic (exact) mass is 228 g/mol. The predicted molar refractivity (Wildman–Crippen MR) is 52.8 cm³/mol. The van der Waals surface area contributed by atoms with Crippen molar-refractivity contribution in [2.75, 3.05) is 0 Å². The van der Waals surface area contributed by atoms with Gasteiger partial charge in [-0.25, -0.2) is 17.8 Å². The summed E-state index contributed by atoms with van der Waals surface area (Å²) >= 11 is 0. The van der Waals surface area contributed by atoms with Crippen molar-refractivity contribution in [3.63, 3.8) is 0 Å². The molecule has 4 nitrogen and oxygen atoms in total. The van der Waals surface area contributed by atoms with E-state index in [9.17, 15) is 12.8 Å². The summed E-state index contributed by atoms with van der Waals surface area (Å²) in [6.07, 6.45) is 6.20. The molecule has 0 saturated carbocycles. The second-order valence-corrected chi connectivity index (χ2v) is 4.43. The predicted octanol–water partition coefficient (Wildman–Crippen LogP) is 0.521. The lowest BCUT2D eigenvalue weighted by molar-refractivity contribution is 0.542. The van der Waals surface area contributed by atoms with E-state index in [1.807, 2.05) is 0 Å². The molecule has 15 heavy (non-hydrogen) atoms. The number of pyridine rings is 1. The summed E-state index contributed by atoms with van der Waals surface area (Å²) in [5.41, 5.74) is 0. The Morgan fingerprint density at radius 3 is 2.87 bits per heavy atom. The Kier molecular flexibility index (Phi) is 3.39. The molecule has 0 aliphatic rings. The van der Waals surface area contributed by atoms with E-state index in [1.165, 1.54) is 19.2 Å². The molecule has 0 bridgehead atoms. The van der Waals surface area contributed by atoms with E-state index in [1.54, 1.807) is 0 Å². The van der Waals surface area contributed by atoms with Gasteiger partial charge in [0.1, 0.15) is 0 Å². The molecule has 0 aromatic carbocycles. The Morgan fingerprint density at radius 1 is 1.67 bits per heavy atom. The van der Waals surface area contributed by atoms with Gasteiger partial charge in [0.15, 0.2) is 5.82 Å². The lowest BCUT2D eigenvalue weighted by atomic mass is 10.4. The number of hydrogen-bond donors (Lipinski definition) is 1. The maximum Gasteiger partial charge on any atom is 0.262 e. The van der Waals surface area contributed by atoms with Crippen LogP contribution in [0.2, 0.25) is 0 Å². The van der Waals surface area contributed by atoms with Crippen molar-refractivity contribution in [1.82, 2.24) is 9.71 Å². The van der Waals surface area contributed by atoms with Gasteiger partial charge >= 0.3 is 0 Å². The normalized spacial score (nSPS) is 13.1. The molecule has 1 aromatic rings. The lowest BCUT2D eigenvalue weighted by Gasteiger charge is -2.08. The summed E-state index contributed by atoms with van der Waals surface area (Å²) in [7, 11) is -3.98. The van der Waals surface area contributed by atoms with Gasteiger partial charge in [0.25, 0.3) is 10.0 Å². The SMILES string of the molecule is C#CC(C)NS(=O)(=O)c1ncccc1F. The van der Waals surface area contributed by atoms with Crippen LogP contribution in [0.5, 0.6) is 0 Å². The van der Waals surface area contributed by atoms with E-state index < -0.39 is 26.9 Å². The number of rotatable bonds is 3. The highest BCUT2D eigenvalue weighted by atomic mass is 32.2. The fourth-order valence-electron chi connectivity index (χ4n) is 0.892. The summed E-state index contributed by atoms with van der Waals surface area (Å²) in [6, 6.07) is 1.61. The third kappa shape index (κ3) is 2.75. The van der Waals surface area contributed by atoms with Crippen molar-refractivity contribution in [1.29, 1.82) is 0 Å². The highest BCUT2D eigenvalue weighted by molar-refractivity contribution is 7.89. The standard InChI is InChI=1S/C9H9FN2O2S/c1-3-7(2)12-15(13,14)9-8(10)5-4-6-11-9/h1,4-7,12H,2H3. The summed E-state index contributed by atoms with van der Waals surface area (Å²) in [5.74, 6) is 1.26. The van der Waals surface area contributed by atoms with Crippen LogP contribution in [0, 0.1) is 18.2 Å². The first-order chi connectivity index (χ1) is 6.97. The molecule has 1 rings (SSSR count). The number of halogens is 1. The summed E-state index contributed by atoms with van der Waals surface area (Å²) < 4.78 is 38.2. The van der Waals surface area contributed by atoms with Crippen LogP contribution in [0.4, 0.5) is 4.39 Å². The van der Waals surface area contributed by atoms with Crippen LogP contribution in [0.25, 0.3) is 0 Å². The lowest BCUT2D eigenvalue weighted by Crippen LogP contribution is -2.32. The molecule has 80 valence electrons. The number of aromatic nitrogens is 1. The average Bonchev–Trinajstić information content (AvgIpc) is 2.17. The molecule has 1 aromatic heterocycles. The molecule has 0 saturated heterocycles. The Bertz CT molecular complexity index is 493. The highest BCUT2D eigenvalue weighted by Gasteiger charge is 2.21. The molecule has 1 unspecified atom stereocenters. The number of terminal acetylenes is 1. The van der Waals surface area contributed by atoms with Gasteiger partial charge in [-0.2, -0.15) is 4.72 Å². The van der Waals surface area contributed by atoms with Crippen LogP contribution in [0.15, 0.2) is 23.4 Å². The van der Waals surface area contributed by atoms with Crippen LogP contribution in [-0.4, -0.2) is 19.4 Å². The van der Waals surface area contributed by atoms with Crippen molar-refractivity contribution in [3.8, 4) is 12.3 Å². The largest absolute Gasteiger partial charge is 0.262 e. The topological polar surface area (TPSA) is 59.1 Å². The van der Waals surface area contributed by atoms with Gasteiger partial charge in [-0.05, 0) is 19.1 Å². The zero-order chi connectivity index (χ0) is 11.5. The number of hydrogen-bond acceptors (Lipinski definition) is 3. The Hall–Kier alpha value is -1.45. The minimum absolute atomic E-state index is 0.646. The molecular formula is C9H9FN2O2S. The molecule has 0 radical (unpaired) electrons. The molecule has 6 heteroatoms. The minimum Gasteiger partial charge on any atom is -0.241 e. The van der Waals surface area contributed by atoms with Crippen molar-refractivity contribution in [3.05, 3.63) is 24.1 Å². The summed E-state index contributed by atoms with van der Waals surface area (Å²) in [5, 5.41) is -0.646. The van der Waals surface area contributed by atoms with Gasteiger partial charge in [0.2, 0.25) is 5.03 Å². The van der Waals surface area contributed by atoms with E-state index in [2.05, 4.69) is 15.6 Å². The Morgan fingerprint density at radius 2 is 2.33 bits per heavy atom. The van der Waals surface area contributed by atoms with E-state index in [0.717, 1.165) is 6.07 Å². The van der Waals surface area contributed by atoms with Crippen molar-refractivity contribution in [2.24, 2.45) is 0 Å². The van der Waals surface area contributed by atoms with Gasteiger partial charge in [-0.1, -0.05) is 5.92 Å². The second-order valence-electron chi connectivity index (χ2n) is 2.80. The van der Waals surface area contributed by atoms with E-state index in [-0.39, 0.29) is 0 Å². The molecule has 1 N–H and O–H groups in total. The molecule has 0 aliphatic carbocycles. The van der Waals surface area contributed by atoms with Crippen LogP contribution in [-0.2, 0) is 10.0 Å². The maximum absolute atomic E-state index is 13.1. The number of sulfonamides is 1. The van der Waals surface area contributed by atoms with Crippen LogP contribution < -0.4 is 4.72 Å². The van der Waals surface area contributed by atoms with Gasteiger partial charge in [0.05, 0.1) is 6.04 Å². The molecule has 1 atom stereocenters. The van der Waals surface area contributed by atoms with Gasteiger partial charge in [0, 0.05) is 6.20 Å². The summed E-state index contributed by atoms with van der Waals surface area (Å²) in [6.45, 7) is 1.47. The average molecular weight is 228 g/mol. The zero-order valence-electron chi connectivity index (χ0n) is 7.94. The highest BCUT2D eigenvalue weighted by Crippen LogP contribution is 2.09.